The van der Waals surface area contributed by atoms with E-state index in [4.69, 9.17) is 21.3 Å². The van der Waals surface area contributed by atoms with Gasteiger partial charge in [-0.05, 0) is 116 Å². The lowest BCUT2D eigenvalue weighted by Gasteiger charge is -2.20. The molecular formula is C58H41ClN4O. The van der Waals surface area contributed by atoms with Gasteiger partial charge in [-0.3, -0.25) is 13.7 Å². The molecule has 12 rings (SSSR count). The first-order valence-electron chi connectivity index (χ1n) is 21.6. The molecule has 8 aromatic carbocycles. The zero-order valence-electron chi connectivity index (χ0n) is 35.6. The summed E-state index contributed by atoms with van der Waals surface area (Å²) in [6.07, 6.45) is 5.80. The zero-order valence-corrected chi connectivity index (χ0v) is 36.3. The van der Waals surface area contributed by atoms with Gasteiger partial charge in [-0.2, -0.15) is 0 Å². The molecule has 306 valence electrons. The van der Waals surface area contributed by atoms with E-state index in [0.717, 1.165) is 72.3 Å². The van der Waals surface area contributed by atoms with Crippen molar-refractivity contribution in [3.8, 4) is 73.2 Å². The molecular weight excluding hydrogens is 804 g/mol. The van der Waals surface area contributed by atoms with Gasteiger partial charge in [0.15, 0.2) is 0 Å². The summed E-state index contributed by atoms with van der Waals surface area (Å²) in [5, 5.41) is 2.82. The van der Waals surface area contributed by atoms with E-state index >= 15 is 0 Å². The number of halogens is 1. The van der Waals surface area contributed by atoms with Gasteiger partial charge in [0.05, 0.1) is 33.4 Å². The Bertz CT molecular complexity index is 3650. The maximum Gasteiger partial charge on any atom is 0.269 e. The van der Waals surface area contributed by atoms with Crippen molar-refractivity contribution in [3.05, 3.63) is 211 Å². The maximum atomic E-state index is 6.80. The number of hydrogen-bond donors (Lipinski definition) is 0. The van der Waals surface area contributed by atoms with Crippen molar-refractivity contribution >= 4 is 44.4 Å². The number of rotatable bonds is 5. The Labute approximate surface area is 376 Å². The molecule has 0 saturated heterocycles. The number of pyridine rings is 1. The van der Waals surface area contributed by atoms with E-state index in [0.29, 0.717) is 16.5 Å². The van der Waals surface area contributed by atoms with Crippen molar-refractivity contribution in [2.45, 2.75) is 26.2 Å². The van der Waals surface area contributed by atoms with Gasteiger partial charge in [-0.15, -0.1) is 0 Å². The third-order valence-corrected chi connectivity index (χ3v) is 12.8. The zero-order chi connectivity index (χ0) is 43.1. The summed E-state index contributed by atoms with van der Waals surface area (Å²) in [7, 11) is 0. The van der Waals surface area contributed by atoms with Crippen molar-refractivity contribution in [2.24, 2.45) is 0 Å². The number of hydrogen-bond acceptors (Lipinski definition) is 2. The Morgan fingerprint density at radius 2 is 1.19 bits per heavy atom. The normalized spacial score (nSPS) is 12.1. The first-order chi connectivity index (χ1) is 31.3. The second-order valence-electron chi connectivity index (χ2n) is 17.5. The molecule has 1 aliphatic heterocycles. The number of benzene rings is 8. The van der Waals surface area contributed by atoms with E-state index < -0.39 is 0 Å². The Kier molecular flexibility index (Phi) is 8.72. The molecule has 0 N–H and O–H groups in total. The van der Waals surface area contributed by atoms with Gasteiger partial charge in [0.25, 0.3) is 6.33 Å². The van der Waals surface area contributed by atoms with Gasteiger partial charge < -0.3 is 4.74 Å². The Balaban J connectivity index is 1.04. The largest absolute Gasteiger partial charge is 0.458 e. The average molecular weight is 845 g/mol. The molecule has 1 aliphatic rings. The molecule has 11 aromatic rings. The quantitative estimate of drug-likeness (QED) is 0.128. The Morgan fingerprint density at radius 3 is 1.97 bits per heavy atom. The lowest BCUT2D eigenvalue weighted by atomic mass is 9.88. The van der Waals surface area contributed by atoms with Crippen LogP contribution in [0.3, 0.4) is 0 Å². The van der Waals surface area contributed by atoms with E-state index in [1.165, 1.54) is 27.8 Å². The summed E-state index contributed by atoms with van der Waals surface area (Å²) in [6.45, 7) is 6.67. The van der Waals surface area contributed by atoms with Crippen molar-refractivity contribution in [3.63, 3.8) is 0 Å². The lowest BCUT2D eigenvalue weighted by Crippen LogP contribution is -2.32. The minimum atomic E-state index is -0.0403. The highest BCUT2D eigenvalue weighted by atomic mass is 35.5. The molecule has 6 heteroatoms. The van der Waals surface area contributed by atoms with Crippen molar-refractivity contribution in [2.75, 3.05) is 0 Å². The highest BCUT2D eigenvalue weighted by Crippen LogP contribution is 2.45. The van der Waals surface area contributed by atoms with Crippen LogP contribution in [0.4, 0.5) is 0 Å². The fraction of sp³-hybridized carbons (Fsp3) is 0.0690. The average Bonchev–Trinajstić information content (AvgIpc) is 3.88. The van der Waals surface area contributed by atoms with E-state index in [1.807, 2.05) is 30.5 Å². The van der Waals surface area contributed by atoms with Crippen molar-refractivity contribution in [1.82, 2.24) is 14.1 Å². The molecule has 4 heterocycles. The van der Waals surface area contributed by atoms with Gasteiger partial charge in [0, 0.05) is 28.1 Å². The molecule has 0 saturated carbocycles. The predicted octanol–water partition coefficient (Wildman–Crippen LogP) is 14.9. The standard InChI is InChI=1S/C58H41ClN4O/c1-58(2,3)38-30-31-60-55(32-38)63-52-29-26-39(59)33-51(52)48-28-27-42(35-54(48)63)64-41-17-11-16-40(34-41)61-36-62-56-43(37-14-5-4-6-15-37)22-12-23-49(56)46-20-9-7-18-44(46)45-19-8-10-21-47(45)50-24-13-25-53(61)57(50)62/h4-35H,1-3H3. The van der Waals surface area contributed by atoms with Crippen LogP contribution in [0.25, 0.3) is 94.5 Å². The molecule has 0 fully saturated rings. The molecule has 0 bridgehead atoms. The molecule has 64 heavy (non-hydrogen) atoms. The van der Waals surface area contributed by atoms with E-state index in [9.17, 15) is 0 Å². The van der Waals surface area contributed by atoms with Crippen LogP contribution in [0.5, 0.6) is 11.5 Å². The van der Waals surface area contributed by atoms with Crippen LogP contribution < -0.4 is 9.30 Å². The second-order valence-corrected chi connectivity index (χ2v) is 18.0. The molecule has 0 aliphatic carbocycles. The first kappa shape index (κ1) is 38.0. The fourth-order valence-electron chi connectivity index (χ4n) is 9.60. The van der Waals surface area contributed by atoms with Gasteiger partial charge in [0.1, 0.15) is 17.3 Å². The predicted molar refractivity (Wildman–Crippen MR) is 261 cm³/mol. The van der Waals surface area contributed by atoms with Crippen LogP contribution in [-0.4, -0.2) is 14.1 Å². The highest BCUT2D eigenvalue weighted by molar-refractivity contribution is 6.32. The summed E-state index contributed by atoms with van der Waals surface area (Å²) in [4.78, 5) is 4.88. The number of nitrogens with zero attached hydrogens (tertiary/aromatic N) is 4. The molecule has 5 nitrogen and oxygen atoms in total. The van der Waals surface area contributed by atoms with Gasteiger partial charge in [-0.1, -0.05) is 154 Å². The van der Waals surface area contributed by atoms with Crippen molar-refractivity contribution in [1.29, 1.82) is 0 Å². The summed E-state index contributed by atoms with van der Waals surface area (Å²) in [6, 6.07) is 66.3. The van der Waals surface area contributed by atoms with Gasteiger partial charge in [-0.25, -0.2) is 4.98 Å². The summed E-state index contributed by atoms with van der Waals surface area (Å²) >= 11 is 6.59. The number of ether oxygens (including phenoxy) is 1. The molecule has 0 atom stereocenters. The van der Waals surface area contributed by atoms with E-state index in [2.05, 4.69) is 205 Å². The lowest BCUT2D eigenvalue weighted by molar-refractivity contribution is -0.570. The molecule has 0 spiro atoms. The van der Waals surface area contributed by atoms with Crippen LogP contribution in [0.1, 0.15) is 26.3 Å². The Hall–Kier alpha value is -7.73. The van der Waals surface area contributed by atoms with E-state index in [-0.39, 0.29) is 5.41 Å². The number of aromatic nitrogens is 4. The third kappa shape index (κ3) is 6.15. The first-order valence-corrected chi connectivity index (χ1v) is 22.0. The van der Waals surface area contributed by atoms with Crippen LogP contribution >= 0.6 is 11.6 Å². The summed E-state index contributed by atoms with van der Waals surface area (Å²) in [5.74, 6) is 2.27. The van der Waals surface area contributed by atoms with Crippen LogP contribution in [-0.2, 0) is 5.41 Å². The fourth-order valence-corrected chi connectivity index (χ4v) is 9.77. The molecule has 3 aromatic heterocycles. The topological polar surface area (TPSA) is 35.9 Å². The molecule has 0 amide bonds. The number of imidazole rings is 1. The molecule has 0 unspecified atom stereocenters. The van der Waals surface area contributed by atoms with Gasteiger partial charge >= 0.3 is 0 Å². The van der Waals surface area contributed by atoms with Crippen molar-refractivity contribution < 1.29 is 9.30 Å². The minimum absolute atomic E-state index is 0.0403. The number of para-hydroxylation sites is 2. The second kappa shape index (κ2) is 14.7. The van der Waals surface area contributed by atoms with Crippen LogP contribution in [0.15, 0.2) is 194 Å². The summed E-state index contributed by atoms with van der Waals surface area (Å²) in [5.41, 5.74) is 16.5. The third-order valence-electron chi connectivity index (χ3n) is 12.6. The number of fused-ring (bicyclic) bond motifs is 10. The van der Waals surface area contributed by atoms with Crippen LogP contribution in [0.2, 0.25) is 5.02 Å². The Morgan fingerprint density at radius 1 is 0.531 bits per heavy atom. The smallest absolute Gasteiger partial charge is 0.269 e. The van der Waals surface area contributed by atoms with Gasteiger partial charge in [0.2, 0.25) is 0 Å². The minimum Gasteiger partial charge on any atom is -0.458 e. The maximum absolute atomic E-state index is 6.80. The summed E-state index contributed by atoms with van der Waals surface area (Å²) < 4.78 is 13.5. The van der Waals surface area contributed by atoms with E-state index in [1.54, 1.807) is 0 Å². The monoisotopic (exact) mass is 844 g/mol. The van der Waals surface area contributed by atoms with Crippen LogP contribution in [0, 0.1) is 6.33 Å². The molecule has 0 radical (unpaired) electrons. The SMILES string of the molecule is CC(C)(C)c1ccnc(-n2c3ccc(Cl)cc3c3ccc(Oc4cccc(-n5[c-][n+]6c7c(cccc75)-c5ccccc5-c5ccccc5-c5cccc(-c7ccccc7)c5-6)c4)cc32)c1. The highest BCUT2D eigenvalue weighted by Gasteiger charge is 2.26.